The first-order valence-electron chi connectivity index (χ1n) is 9.71. The second-order valence-electron chi connectivity index (χ2n) is 7.56. The summed E-state index contributed by atoms with van der Waals surface area (Å²) in [5, 5.41) is 23.3. The topological polar surface area (TPSA) is 150 Å². The number of carbonyl (C=O) groups is 1. The standard InChI is InChI=1S/C20H16N2O10/c23-20-13(4-10-1-2-15-19(32-9-29-15)18(10)22(26)27)12(7-28-20)3-11-5-16-17(31-8-30-16)6-14(11)21(24)25/h1-2,5-6,12-13H,3-4,7-9H2/t12-,13+/m0/s1. The summed E-state index contributed by atoms with van der Waals surface area (Å²) in [5.74, 6) is -0.689. The molecule has 0 unspecified atom stereocenters. The highest BCUT2D eigenvalue weighted by molar-refractivity contribution is 5.76. The van der Waals surface area contributed by atoms with Gasteiger partial charge in [-0.3, -0.25) is 25.0 Å². The molecular weight excluding hydrogens is 428 g/mol. The Morgan fingerprint density at radius 3 is 2.31 bits per heavy atom. The molecule has 3 aliphatic rings. The smallest absolute Gasteiger partial charge is 0.318 e. The first-order chi connectivity index (χ1) is 15.4. The Kier molecular flexibility index (Phi) is 4.68. The van der Waals surface area contributed by atoms with Gasteiger partial charge in [0.05, 0.1) is 28.4 Å². The number of carbonyl (C=O) groups excluding carboxylic acids is 1. The second kappa shape index (κ2) is 7.55. The Bertz CT molecular complexity index is 1150. The minimum Gasteiger partial charge on any atom is -0.465 e. The van der Waals surface area contributed by atoms with Gasteiger partial charge in [0.2, 0.25) is 19.3 Å². The summed E-state index contributed by atoms with van der Waals surface area (Å²) < 4.78 is 26.2. The monoisotopic (exact) mass is 444 g/mol. The maximum Gasteiger partial charge on any atom is 0.318 e. The highest BCUT2D eigenvalue weighted by atomic mass is 16.7. The van der Waals surface area contributed by atoms with Crippen molar-refractivity contribution in [1.82, 2.24) is 0 Å². The van der Waals surface area contributed by atoms with Crippen LogP contribution in [-0.4, -0.2) is 36.0 Å². The highest BCUT2D eigenvalue weighted by Gasteiger charge is 2.41. The van der Waals surface area contributed by atoms with Gasteiger partial charge >= 0.3 is 11.7 Å². The highest BCUT2D eigenvalue weighted by Crippen LogP contribution is 2.45. The average molecular weight is 444 g/mol. The molecule has 0 spiro atoms. The number of rotatable bonds is 6. The molecule has 0 radical (unpaired) electrons. The summed E-state index contributed by atoms with van der Waals surface area (Å²) in [4.78, 5) is 34.6. The first-order valence-corrected chi connectivity index (χ1v) is 9.71. The maximum absolute atomic E-state index is 12.5. The van der Waals surface area contributed by atoms with E-state index in [2.05, 4.69) is 0 Å². The molecule has 2 aromatic rings. The third-order valence-electron chi connectivity index (χ3n) is 5.78. The summed E-state index contributed by atoms with van der Waals surface area (Å²) in [6, 6.07) is 5.91. The Morgan fingerprint density at radius 2 is 1.56 bits per heavy atom. The minimum atomic E-state index is -0.723. The zero-order valence-electron chi connectivity index (χ0n) is 16.5. The first kappa shape index (κ1) is 19.8. The van der Waals surface area contributed by atoms with E-state index in [4.69, 9.17) is 23.7 Å². The van der Waals surface area contributed by atoms with Crippen molar-refractivity contribution < 1.29 is 38.3 Å². The van der Waals surface area contributed by atoms with Gasteiger partial charge in [-0.25, -0.2) is 0 Å². The molecular formula is C20H16N2O10. The molecule has 0 N–H and O–H groups in total. The van der Waals surface area contributed by atoms with Crippen LogP contribution in [0.25, 0.3) is 0 Å². The Balaban J connectivity index is 1.45. The van der Waals surface area contributed by atoms with Gasteiger partial charge in [0.25, 0.3) is 5.69 Å². The molecule has 32 heavy (non-hydrogen) atoms. The van der Waals surface area contributed by atoms with Gasteiger partial charge in [0, 0.05) is 17.0 Å². The van der Waals surface area contributed by atoms with Crippen molar-refractivity contribution in [2.75, 3.05) is 20.2 Å². The van der Waals surface area contributed by atoms with E-state index in [0.29, 0.717) is 16.9 Å². The van der Waals surface area contributed by atoms with Crippen LogP contribution in [0, 0.1) is 32.1 Å². The number of cyclic esters (lactones) is 1. The summed E-state index contributed by atoms with van der Waals surface area (Å²) >= 11 is 0. The van der Waals surface area contributed by atoms with Crippen LogP contribution in [0.3, 0.4) is 0 Å². The van der Waals surface area contributed by atoms with Crippen LogP contribution in [0.2, 0.25) is 0 Å². The van der Waals surface area contributed by atoms with Crippen LogP contribution in [0.15, 0.2) is 24.3 Å². The molecule has 1 saturated heterocycles. The van der Waals surface area contributed by atoms with E-state index in [9.17, 15) is 25.0 Å². The van der Waals surface area contributed by atoms with Crippen LogP contribution in [0.5, 0.6) is 23.0 Å². The third kappa shape index (κ3) is 3.29. The van der Waals surface area contributed by atoms with Crippen LogP contribution < -0.4 is 18.9 Å². The molecule has 2 aromatic carbocycles. The van der Waals surface area contributed by atoms with E-state index in [-0.39, 0.29) is 61.7 Å². The number of benzene rings is 2. The average Bonchev–Trinajstić information content (AvgIpc) is 3.48. The fourth-order valence-electron chi connectivity index (χ4n) is 4.25. The normalized spacial score (nSPS) is 20.3. The predicted octanol–water partition coefficient (Wildman–Crippen LogP) is 2.53. The molecule has 0 saturated carbocycles. The molecule has 0 aromatic heterocycles. The molecule has 166 valence electrons. The van der Waals surface area contributed by atoms with Crippen molar-refractivity contribution in [1.29, 1.82) is 0 Å². The van der Waals surface area contributed by atoms with Crippen LogP contribution in [-0.2, 0) is 22.4 Å². The molecule has 2 atom stereocenters. The number of hydrogen-bond donors (Lipinski definition) is 0. The molecule has 0 aliphatic carbocycles. The Hall–Kier alpha value is -4.09. The molecule has 0 amide bonds. The summed E-state index contributed by atoms with van der Waals surface area (Å²) in [6.07, 6.45) is 0.177. The lowest BCUT2D eigenvalue weighted by molar-refractivity contribution is -0.386. The van der Waals surface area contributed by atoms with Crippen molar-refractivity contribution in [2.24, 2.45) is 11.8 Å². The van der Waals surface area contributed by atoms with Crippen molar-refractivity contribution >= 4 is 17.3 Å². The summed E-state index contributed by atoms with van der Waals surface area (Å²) in [7, 11) is 0. The number of fused-ring (bicyclic) bond motifs is 2. The fourth-order valence-corrected chi connectivity index (χ4v) is 4.25. The van der Waals surface area contributed by atoms with Crippen LogP contribution in [0.1, 0.15) is 11.1 Å². The van der Waals surface area contributed by atoms with E-state index in [1.807, 2.05) is 0 Å². The quantitative estimate of drug-likeness (QED) is 0.369. The number of nitro groups is 2. The largest absolute Gasteiger partial charge is 0.465 e. The van der Waals surface area contributed by atoms with Gasteiger partial charge < -0.3 is 23.7 Å². The minimum absolute atomic E-state index is 0.0226. The molecule has 3 aliphatic heterocycles. The number of ether oxygens (including phenoxy) is 5. The second-order valence-corrected chi connectivity index (χ2v) is 7.56. The zero-order chi connectivity index (χ0) is 22.4. The van der Waals surface area contributed by atoms with Crippen molar-refractivity contribution in [3.63, 3.8) is 0 Å². The van der Waals surface area contributed by atoms with Crippen molar-refractivity contribution in [3.05, 3.63) is 55.6 Å². The molecule has 12 heteroatoms. The fraction of sp³-hybridized carbons (Fsp3) is 0.350. The van der Waals surface area contributed by atoms with E-state index in [1.165, 1.54) is 18.2 Å². The lowest BCUT2D eigenvalue weighted by Gasteiger charge is -2.16. The van der Waals surface area contributed by atoms with Crippen molar-refractivity contribution in [2.45, 2.75) is 12.8 Å². The van der Waals surface area contributed by atoms with E-state index >= 15 is 0 Å². The van der Waals surface area contributed by atoms with E-state index in [0.717, 1.165) is 0 Å². The predicted molar refractivity (Wildman–Crippen MR) is 104 cm³/mol. The van der Waals surface area contributed by atoms with Crippen LogP contribution in [0.4, 0.5) is 11.4 Å². The maximum atomic E-state index is 12.5. The summed E-state index contributed by atoms with van der Waals surface area (Å²) in [5.41, 5.74) is 0.259. The van der Waals surface area contributed by atoms with Gasteiger partial charge in [0.1, 0.15) is 0 Å². The van der Waals surface area contributed by atoms with Gasteiger partial charge in [-0.15, -0.1) is 0 Å². The molecule has 1 fully saturated rings. The van der Waals surface area contributed by atoms with Gasteiger partial charge in [-0.05, 0) is 31.0 Å². The SMILES string of the molecule is O=C1OC[C@H](Cc2cc3c(cc2[N+](=O)[O-])OCO3)[C@H]1Cc1ccc2c(c1[N+](=O)[O-])OCO2. The molecule has 5 rings (SSSR count). The van der Waals surface area contributed by atoms with Gasteiger partial charge in [-0.2, -0.15) is 0 Å². The number of hydrogen-bond acceptors (Lipinski definition) is 10. The van der Waals surface area contributed by atoms with Crippen LogP contribution >= 0.6 is 0 Å². The number of nitrogens with zero attached hydrogens (tertiary/aromatic N) is 2. The molecule has 0 bridgehead atoms. The van der Waals surface area contributed by atoms with E-state index in [1.54, 1.807) is 6.07 Å². The lowest BCUT2D eigenvalue weighted by Crippen LogP contribution is -2.21. The molecule has 12 nitrogen and oxygen atoms in total. The molecule has 3 heterocycles. The van der Waals surface area contributed by atoms with E-state index < -0.39 is 27.7 Å². The van der Waals surface area contributed by atoms with Gasteiger partial charge in [-0.1, -0.05) is 0 Å². The van der Waals surface area contributed by atoms with Crippen molar-refractivity contribution in [3.8, 4) is 23.0 Å². The lowest BCUT2D eigenvalue weighted by atomic mass is 9.84. The number of nitro benzene ring substituents is 2. The Morgan fingerprint density at radius 1 is 0.844 bits per heavy atom. The van der Waals surface area contributed by atoms with Gasteiger partial charge in [0.15, 0.2) is 17.2 Å². The Labute approximate surface area is 179 Å². The zero-order valence-corrected chi connectivity index (χ0v) is 16.5. The third-order valence-corrected chi connectivity index (χ3v) is 5.78. The number of esters is 1. The summed E-state index contributed by atoms with van der Waals surface area (Å²) in [6.45, 7) is -0.105.